The van der Waals surface area contributed by atoms with Gasteiger partial charge >= 0.3 is 0 Å². The molecule has 0 saturated carbocycles. The van der Waals surface area contributed by atoms with Gasteiger partial charge in [-0.2, -0.15) is 0 Å². The molecule has 0 bridgehead atoms. The monoisotopic (exact) mass is 331 g/mol. The number of hydrogen-bond donors (Lipinski definition) is 1. The molecule has 130 valence electrons. The van der Waals surface area contributed by atoms with E-state index >= 15 is 0 Å². The molecule has 8 heteroatoms. The van der Waals surface area contributed by atoms with Gasteiger partial charge in [0.15, 0.2) is 0 Å². The second-order valence-corrected chi connectivity index (χ2v) is 6.96. The number of β-amino-alcohol motifs (C(OH)–C–C–N with tert-alkyl or cyclic N) is 1. The zero-order valence-electron chi connectivity index (χ0n) is 14.7. The van der Waals surface area contributed by atoms with Crippen molar-refractivity contribution in [3.05, 3.63) is 29.8 Å². The number of rotatable bonds is 5. The Kier molecular flexibility index (Phi) is 4.51. The summed E-state index contributed by atoms with van der Waals surface area (Å²) in [7, 11) is 3.83. The van der Waals surface area contributed by atoms with Crippen molar-refractivity contribution in [1.29, 1.82) is 0 Å². The smallest absolute Gasteiger partial charge is 0.224 e. The third-order valence-electron chi connectivity index (χ3n) is 4.34. The zero-order valence-corrected chi connectivity index (χ0v) is 14.7. The van der Waals surface area contributed by atoms with Gasteiger partial charge in [-0.05, 0) is 20.3 Å². The molecule has 1 unspecified atom stereocenters. The van der Waals surface area contributed by atoms with Crippen LogP contribution in [0, 0.1) is 0 Å². The lowest BCUT2D eigenvalue weighted by Crippen LogP contribution is -2.31. The number of hydrogen-bond acceptors (Lipinski definition) is 7. The van der Waals surface area contributed by atoms with Gasteiger partial charge in [-0.3, -0.25) is 4.90 Å². The van der Waals surface area contributed by atoms with Gasteiger partial charge in [-0.15, -0.1) is 5.10 Å². The van der Waals surface area contributed by atoms with Gasteiger partial charge in [0.25, 0.3) is 0 Å². The highest BCUT2D eigenvalue weighted by molar-refractivity contribution is 5.26. The van der Waals surface area contributed by atoms with Crippen LogP contribution in [0.5, 0.6) is 0 Å². The second-order valence-electron chi connectivity index (χ2n) is 6.96. The molecule has 24 heavy (non-hydrogen) atoms. The number of aliphatic hydroxyl groups is 1. The zero-order chi connectivity index (χ0) is 17.3. The van der Waals surface area contributed by atoms with Crippen LogP contribution in [0.4, 0.5) is 5.95 Å². The fraction of sp³-hybridized carbons (Fsp3) is 0.625. The predicted molar refractivity (Wildman–Crippen MR) is 90.6 cm³/mol. The van der Waals surface area contributed by atoms with Crippen LogP contribution in [0.1, 0.15) is 37.6 Å². The normalized spacial score (nSPS) is 21.6. The van der Waals surface area contributed by atoms with Gasteiger partial charge < -0.3 is 10.0 Å². The molecular formula is C16H25N7O. The quantitative estimate of drug-likeness (QED) is 0.868. The SMILES string of the molecule is CC(C)n1cc(C2(O)CCN(Cc3cnc(N(C)C)nc3)C2)nn1. The fourth-order valence-electron chi connectivity index (χ4n) is 2.88. The first-order chi connectivity index (χ1) is 11.4. The highest BCUT2D eigenvalue weighted by Crippen LogP contribution is 2.31. The minimum Gasteiger partial charge on any atom is -0.382 e. The maximum absolute atomic E-state index is 10.9. The highest BCUT2D eigenvalue weighted by Gasteiger charge is 2.40. The van der Waals surface area contributed by atoms with Crippen LogP contribution in [-0.2, 0) is 12.1 Å². The van der Waals surface area contributed by atoms with E-state index in [4.69, 9.17) is 0 Å². The summed E-state index contributed by atoms with van der Waals surface area (Å²) in [5.41, 5.74) is 0.756. The number of likely N-dealkylation sites (tertiary alicyclic amines) is 1. The molecule has 1 N–H and O–H groups in total. The van der Waals surface area contributed by atoms with Crippen LogP contribution in [0.3, 0.4) is 0 Å². The van der Waals surface area contributed by atoms with Gasteiger partial charge in [0.1, 0.15) is 11.3 Å². The molecule has 1 aliphatic rings. The molecule has 1 atom stereocenters. The van der Waals surface area contributed by atoms with E-state index in [-0.39, 0.29) is 6.04 Å². The molecule has 1 aliphatic heterocycles. The van der Waals surface area contributed by atoms with Gasteiger partial charge in [0.2, 0.25) is 5.95 Å². The van der Waals surface area contributed by atoms with E-state index in [2.05, 4.69) is 25.2 Å². The van der Waals surface area contributed by atoms with Crippen molar-refractivity contribution in [1.82, 2.24) is 29.9 Å². The Morgan fingerprint density at radius 2 is 2.00 bits per heavy atom. The van der Waals surface area contributed by atoms with Crippen LogP contribution in [-0.4, -0.2) is 62.2 Å². The minimum atomic E-state index is -0.933. The van der Waals surface area contributed by atoms with E-state index in [1.807, 2.05) is 51.4 Å². The molecule has 0 amide bonds. The van der Waals surface area contributed by atoms with E-state index < -0.39 is 5.60 Å². The van der Waals surface area contributed by atoms with Gasteiger partial charge in [0.05, 0.1) is 6.20 Å². The Morgan fingerprint density at radius 3 is 2.58 bits per heavy atom. The third kappa shape index (κ3) is 3.39. The minimum absolute atomic E-state index is 0.236. The molecule has 0 radical (unpaired) electrons. The predicted octanol–water partition coefficient (Wildman–Crippen LogP) is 0.808. The lowest BCUT2D eigenvalue weighted by Gasteiger charge is -2.21. The van der Waals surface area contributed by atoms with Crippen LogP contribution in [0.25, 0.3) is 0 Å². The largest absolute Gasteiger partial charge is 0.382 e. The standard InChI is InChI=1S/C16H25N7O/c1-12(2)23-10-14(19-20-23)16(24)5-6-22(11-16)9-13-7-17-15(18-8-13)21(3)4/h7-8,10,12,24H,5-6,9,11H2,1-4H3. The fourth-order valence-corrected chi connectivity index (χ4v) is 2.88. The molecule has 0 aromatic carbocycles. The van der Waals surface area contributed by atoms with Crippen LogP contribution < -0.4 is 4.90 Å². The Morgan fingerprint density at radius 1 is 1.29 bits per heavy atom. The lowest BCUT2D eigenvalue weighted by atomic mass is 10.00. The summed E-state index contributed by atoms with van der Waals surface area (Å²) in [4.78, 5) is 12.7. The van der Waals surface area contributed by atoms with Gasteiger partial charge in [0, 0.05) is 57.7 Å². The summed E-state index contributed by atoms with van der Waals surface area (Å²) >= 11 is 0. The lowest BCUT2D eigenvalue weighted by molar-refractivity contribution is 0.0408. The number of anilines is 1. The van der Waals surface area contributed by atoms with Crippen LogP contribution in [0.15, 0.2) is 18.6 Å². The number of nitrogens with zero attached hydrogens (tertiary/aromatic N) is 7. The van der Waals surface area contributed by atoms with Crippen molar-refractivity contribution in [2.24, 2.45) is 0 Å². The first-order valence-corrected chi connectivity index (χ1v) is 8.23. The third-order valence-corrected chi connectivity index (χ3v) is 4.34. The molecule has 2 aromatic heterocycles. The Balaban J connectivity index is 1.65. The molecular weight excluding hydrogens is 306 g/mol. The molecule has 3 heterocycles. The summed E-state index contributed by atoms with van der Waals surface area (Å²) in [6.45, 7) is 6.15. The second kappa shape index (κ2) is 6.45. The van der Waals surface area contributed by atoms with Gasteiger partial charge in [-0.25, -0.2) is 14.6 Å². The van der Waals surface area contributed by atoms with Crippen molar-refractivity contribution in [3.63, 3.8) is 0 Å². The van der Waals surface area contributed by atoms with E-state index in [0.29, 0.717) is 31.2 Å². The summed E-state index contributed by atoms with van der Waals surface area (Å²) in [5, 5.41) is 19.2. The maximum Gasteiger partial charge on any atom is 0.224 e. The topological polar surface area (TPSA) is 83.2 Å². The Labute approximate surface area is 142 Å². The molecule has 2 aromatic rings. The number of aromatic nitrogens is 5. The summed E-state index contributed by atoms with van der Waals surface area (Å²) in [6, 6.07) is 0.236. The van der Waals surface area contributed by atoms with Crippen LogP contribution >= 0.6 is 0 Å². The van der Waals surface area contributed by atoms with Gasteiger partial charge in [-0.1, -0.05) is 5.21 Å². The molecule has 0 aliphatic carbocycles. The van der Waals surface area contributed by atoms with E-state index in [0.717, 1.165) is 12.1 Å². The maximum atomic E-state index is 10.9. The van der Waals surface area contributed by atoms with E-state index in [9.17, 15) is 5.11 Å². The first kappa shape index (κ1) is 16.8. The average Bonchev–Trinajstić information content (AvgIpc) is 3.16. The summed E-state index contributed by atoms with van der Waals surface area (Å²) in [6.07, 6.45) is 6.19. The summed E-state index contributed by atoms with van der Waals surface area (Å²) in [5.74, 6) is 0.696. The van der Waals surface area contributed by atoms with Crippen LogP contribution in [0.2, 0.25) is 0 Å². The Hall–Kier alpha value is -2.06. The van der Waals surface area contributed by atoms with Crippen molar-refractivity contribution >= 4 is 5.95 Å². The first-order valence-electron chi connectivity index (χ1n) is 8.23. The van der Waals surface area contributed by atoms with Crippen molar-refractivity contribution in [3.8, 4) is 0 Å². The van der Waals surface area contributed by atoms with Crippen molar-refractivity contribution in [2.75, 3.05) is 32.1 Å². The van der Waals surface area contributed by atoms with E-state index in [1.165, 1.54) is 0 Å². The molecule has 1 saturated heterocycles. The van der Waals surface area contributed by atoms with E-state index in [1.54, 1.807) is 4.68 Å². The molecule has 0 spiro atoms. The highest BCUT2D eigenvalue weighted by atomic mass is 16.3. The Bertz CT molecular complexity index is 682. The molecule has 1 fully saturated rings. The molecule has 3 rings (SSSR count). The van der Waals surface area contributed by atoms with Crippen molar-refractivity contribution in [2.45, 2.75) is 38.5 Å². The van der Waals surface area contributed by atoms with Crippen molar-refractivity contribution < 1.29 is 5.11 Å². The molecule has 8 nitrogen and oxygen atoms in total. The average molecular weight is 331 g/mol. The summed E-state index contributed by atoms with van der Waals surface area (Å²) < 4.78 is 1.78.